The van der Waals surface area contributed by atoms with E-state index in [1.54, 1.807) is 54.6 Å². The number of alkyl carbamates (subject to hydrolysis) is 1. The predicted octanol–water partition coefficient (Wildman–Crippen LogP) is 0.442. The summed E-state index contributed by atoms with van der Waals surface area (Å²) >= 11 is 0. The molecule has 166 valence electrons. The molecule has 0 aliphatic carbocycles. The number of nitrogens with one attached hydrogen (secondary N) is 2. The molecule has 0 heterocycles. The first-order valence-electron chi connectivity index (χ1n) is 9.52. The number of aliphatic hydroxyl groups excluding tert-OH is 1. The van der Waals surface area contributed by atoms with Crippen molar-refractivity contribution in [2.24, 2.45) is 5.73 Å². The molecule has 0 aliphatic rings. The number of primary amides is 1. The third-order valence-electron chi connectivity index (χ3n) is 4.26. The minimum atomic E-state index is -1.38. The average molecular weight is 448 g/mol. The van der Waals surface area contributed by atoms with Crippen LogP contribution in [-0.2, 0) is 31.7 Å². The summed E-state index contributed by atoms with van der Waals surface area (Å²) in [5, 5.41) is 14.1. The number of hydrogen-bond donors (Lipinski definition) is 4. The molecule has 0 bridgehead atoms. The third-order valence-corrected chi connectivity index (χ3v) is 5.67. The minimum absolute atomic E-state index is 0.0123. The minimum Gasteiger partial charge on any atom is -0.445 e. The zero-order valence-corrected chi connectivity index (χ0v) is 17.5. The number of carbonyl (C=O) groups excluding carboxylic acids is 3. The fourth-order valence-corrected chi connectivity index (χ4v) is 3.72. The number of rotatable bonds is 11. The zero-order chi connectivity index (χ0) is 22.6. The van der Waals surface area contributed by atoms with Gasteiger partial charge in [-0.1, -0.05) is 48.5 Å². The van der Waals surface area contributed by atoms with Gasteiger partial charge in [0.25, 0.3) is 0 Å². The molecule has 10 heteroatoms. The van der Waals surface area contributed by atoms with E-state index >= 15 is 0 Å². The van der Waals surface area contributed by atoms with Crippen molar-refractivity contribution >= 4 is 28.7 Å². The third kappa shape index (κ3) is 8.19. The van der Waals surface area contributed by atoms with Crippen molar-refractivity contribution in [3.05, 3.63) is 66.2 Å². The van der Waals surface area contributed by atoms with Crippen LogP contribution in [0.3, 0.4) is 0 Å². The van der Waals surface area contributed by atoms with Crippen LogP contribution in [-0.4, -0.2) is 51.7 Å². The normalized spacial score (nSPS) is 13.5. The van der Waals surface area contributed by atoms with E-state index in [1.165, 1.54) is 0 Å². The van der Waals surface area contributed by atoms with Crippen molar-refractivity contribution < 1.29 is 28.4 Å². The number of hydrogen-bond acceptors (Lipinski definition) is 6. The van der Waals surface area contributed by atoms with E-state index in [-0.39, 0.29) is 18.8 Å². The molecular formula is C21H25N3O6S. The molecule has 31 heavy (non-hydrogen) atoms. The van der Waals surface area contributed by atoms with Crippen LogP contribution in [0.2, 0.25) is 0 Å². The molecule has 2 aromatic rings. The van der Waals surface area contributed by atoms with Gasteiger partial charge < -0.3 is 26.2 Å². The Kier molecular flexibility index (Phi) is 9.66. The molecule has 5 N–H and O–H groups in total. The maximum Gasteiger partial charge on any atom is 0.408 e. The molecule has 0 aromatic heterocycles. The van der Waals surface area contributed by atoms with Crippen molar-refractivity contribution in [1.82, 2.24) is 10.6 Å². The zero-order valence-electron chi connectivity index (χ0n) is 16.7. The second-order valence-corrected chi connectivity index (χ2v) is 8.13. The lowest BCUT2D eigenvalue weighted by molar-refractivity contribution is -0.129. The quantitative estimate of drug-likeness (QED) is 0.393. The van der Waals surface area contributed by atoms with Crippen LogP contribution in [0.4, 0.5) is 4.79 Å². The highest BCUT2D eigenvalue weighted by Crippen LogP contribution is 2.08. The van der Waals surface area contributed by atoms with Crippen molar-refractivity contribution in [2.75, 3.05) is 12.4 Å². The summed E-state index contributed by atoms with van der Waals surface area (Å²) in [6.07, 6.45) is -0.877. The smallest absolute Gasteiger partial charge is 0.408 e. The van der Waals surface area contributed by atoms with E-state index in [1.807, 2.05) is 6.07 Å². The molecule has 2 aromatic carbocycles. The summed E-state index contributed by atoms with van der Waals surface area (Å²) in [6.45, 7) is -0.727. The summed E-state index contributed by atoms with van der Waals surface area (Å²) in [5.41, 5.74) is 6.09. The molecular weight excluding hydrogens is 422 g/mol. The Bertz CT molecular complexity index is 895. The fourth-order valence-electron chi connectivity index (χ4n) is 2.57. The molecule has 0 radical (unpaired) electrons. The Balaban J connectivity index is 1.86. The number of amides is 3. The van der Waals surface area contributed by atoms with E-state index in [9.17, 15) is 23.7 Å². The lowest BCUT2D eigenvalue weighted by atomic mass is 10.2. The maximum absolute atomic E-state index is 12.4. The van der Waals surface area contributed by atoms with E-state index in [2.05, 4.69) is 10.6 Å². The highest BCUT2D eigenvalue weighted by Gasteiger charge is 2.26. The fraction of sp³-hybridized carbons (Fsp3) is 0.286. The topological polar surface area (TPSA) is 148 Å². The molecule has 3 atom stereocenters. The van der Waals surface area contributed by atoms with Crippen molar-refractivity contribution in [2.45, 2.75) is 30.0 Å². The highest BCUT2D eigenvalue weighted by molar-refractivity contribution is 7.85. The van der Waals surface area contributed by atoms with Gasteiger partial charge in [0.2, 0.25) is 11.8 Å². The maximum atomic E-state index is 12.4. The lowest BCUT2D eigenvalue weighted by Gasteiger charge is -2.20. The van der Waals surface area contributed by atoms with Crippen LogP contribution in [0.25, 0.3) is 0 Å². The predicted molar refractivity (Wildman–Crippen MR) is 114 cm³/mol. The summed E-state index contributed by atoms with van der Waals surface area (Å²) in [7, 11) is -1.38. The average Bonchev–Trinajstić information content (AvgIpc) is 2.79. The molecule has 9 nitrogen and oxygen atoms in total. The van der Waals surface area contributed by atoms with Gasteiger partial charge >= 0.3 is 6.09 Å². The van der Waals surface area contributed by atoms with Crippen LogP contribution >= 0.6 is 0 Å². The van der Waals surface area contributed by atoms with Gasteiger partial charge in [-0.3, -0.25) is 13.8 Å². The molecule has 2 rings (SSSR count). The summed E-state index contributed by atoms with van der Waals surface area (Å²) in [4.78, 5) is 36.6. The molecule has 0 saturated heterocycles. The SMILES string of the molecule is NC(=O)[C@@H](CC[S@@](=O)c1ccccc1)NC(=O)[C@H](CO)NC(=O)OCc1ccccc1. The van der Waals surface area contributed by atoms with Crippen LogP contribution < -0.4 is 16.4 Å². The largest absolute Gasteiger partial charge is 0.445 e. The van der Waals surface area contributed by atoms with E-state index in [4.69, 9.17) is 10.5 Å². The Labute approximate surface area is 182 Å². The molecule has 0 spiro atoms. The van der Waals surface area contributed by atoms with Crippen LogP contribution in [0.1, 0.15) is 12.0 Å². The Morgan fingerprint density at radius 3 is 2.16 bits per heavy atom. The van der Waals surface area contributed by atoms with Gasteiger partial charge in [-0.15, -0.1) is 0 Å². The van der Waals surface area contributed by atoms with Gasteiger partial charge in [0.15, 0.2) is 0 Å². The Hall–Kier alpha value is -3.24. The van der Waals surface area contributed by atoms with Gasteiger partial charge in [-0.25, -0.2) is 4.79 Å². The van der Waals surface area contributed by atoms with Gasteiger partial charge in [0.05, 0.1) is 17.4 Å². The van der Waals surface area contributed by atoms with Gasteiger partial charge in [0.1, 0.15) is 18.7 Å². The number of nitrogens with two attached hydrogens (primary N) is 1. The molecule has 0 fully saturated rings. The van der Waals surface area contributed by atoms with E-state index in [0.29, 0.717) is 4.90 Å². The number of carbonyl (C=O) groups is 3. The second-order valence-electron chi connectivity index (χ2n) is 6.56. The highest BCUT2D eigenvalue weighted by atomic mass is 32.2. The number of benzene rings is 2. The first-order valence-corrected chi connectivity index (χ1v) is 10.8. The van der Waals surface area contributed by atoms with Gasteiger partial charge in [-0.2, -0.15) is 0 Å². The van der Waals surface area contributed by atoms with Crippen LogP contribution in [0.15, 0.2) is 65.6 Å². The molecule has 3 amide bonds. The van der Waals surface area contributed by atoms with Crippen molar-refractivity contribution in [3.8, 4) is 0 Å². The summed E-state index contributed by atoms with van der Waals surface area (Å²) in [5.74, 6) is -1.54. The molecule has 0 unspecified atom stereocenters. The first-order chi connectivity index (χ1) is 14.9. The standard InChI is InChI=1S/C21H25N3O6S/c22-19(26)17(11-12-31(29)16-9-5-2-6-10-16)23-20(27)18(13-25)24-21(28)30-14-15-7-3-1-4-8-15/h1-10,17-18,25H,11-14H2,(H2,22,26)(H,23,27)(H,24,28)/t17-,18+,31-/m1/s1. The van der Waals surface area contributed by atoms with E-state index < -0.39 is 47.4 Å². The summed E-state index contributed by atoms with van der Waals surface area (Å²) < 4.78 is 17.3. The second kappa shape index (κ2) is 12.5. The van der Waals surface area contributed by atoms with Crippen molar-refractivity contribution in [3.63, 3.8) is 0 Å². The van der Waals surface area contributed by atoms with Gasteiger partial charge in [0, 0.05) is 10.6 Å². The molecule has 0 aliphatic heterocycles. The summed E-state index contributed by atoms with van der Waals surface area (Å²) in [6, 6.07) is 15.1. The first kappa shape index (κ1) is 24.0. The lowest BCUT2D eigenvalue weighted by Crippen LogP contribution is -2.54. The number of aliphatic hydroxyl groups is 1. The monoisotopic (exact) mass is 447 g/mol. The Morgan fingerprint density at radius 2 is 1.58 bits per heavy atom. The van der Waals surface area contributed by atoms with Crippen LogP contribution in [0, 0.1) is 0 Å². The Morgan fingerprint density at radius 1 is 0.968 bits per heavy atom. The van der Waals surface area contributed by atoms with Crippen molar-refractivity contribution in [1.29, 1.82) is 0 Å². The number of ether oxygens (including phenoxy) is 1. The van der Waals surface area contributed by atoms with Crippen LogP contribution in [0.5, 0.6) is 0 Å². The molecule has 0 saturated carbocycles. The van der Waals surface area contributed by atoms with Gasteiger partial charge in [-0.05, 0) is 24.1 Å². The van der Waals surface area contributed by atoms with E-state index in [0.717, 1.165) is 5.56 Å².